The highest BCUT2D eigenvalue weighted by atomic mass is 35.5. The number of carbonyl (C=O) groups is 2. The molecule has 0 aliphatic carbocycles. The first-order valence-corrected chi connectivity index (χ1v) is 8.73. The number of carboxylic acids is 1. The van der Waals surface area contributed by atoms with Gasteiger partial charge in [-0.05, 0) is 30.0 Å². The number of benzene rings is 2. The smallest absolute Gasteiger partial charge is 0.339 e. The van der Waals surface area contributed by atoms with Crippen LogP contribution in [0, 0.1) is 0 Å². The van der Waals surface area contributed by atoms with Crippen LogP contribution in [0.5, 0.6) is 5.75 Å². The molecule has 7 heteroatoms. The van der Waals surface area contributed by atoms with E-state index in [0.717, 1.165) is 11.3 Å². The number of aromatic carboxylic acids is 1. The van der Waals surface area contributed by atoms with E-state index in [2.05, 4.69) is 5.32 Å². The van der Waals surface area contributed by atoms with Gasteiger partial charge < -0.3 is 15.2 Å². The van der Waals surface area contributed by atoms with E-state index in [1.54, 1.807) is 23.9 Å². The van der Waals surface area contributed by atoms with Crippen LogP contribution in [0.25, 0.3) is 0 Å². The normalized spacial score (nSPS) is 10.3. The minimum absolute atomic E-state index is 0.0677. The zero-order chi connectivity index (χ0) is 17.7. The van der Waals surface area contributed by atoms with Crippen molar-refractivity contribution in [2.45, 2.75) is 5.75 Å². The molecule has 0 fully saturated rings. The van der Waals surface area contributed by atoms with Crippen molar-refractivity contribution in [3.63, 3.8) is 0 Å². The largest absolute Gasteiger partial charge is 0.496 e. The van der Waals surface area contributed by atoms with Crippen molar-refractivity contribution in [3.05, 3.63) is 58.1 Å². The summed E-state index contributed by atoms with van der Waals surface area (Å²) in [7, 11) is 1.35. The van der Waals surface area contributed by atoms with Crippen LogP contribution < -0.4 is 10.1 Å². The Hall–Kier alpha value is -2.18. The zero-order valence-corrected chi connectivity index (χ0v) is 14.7. The molecule has 2 aromatic carbocycles. The Kier molecular flexibility index (Phi) is 6.11. The standard InChI is InChI=1S/C17H16ClNO4S/c1-23-15-8-14(13(18)7-12(15)17(21)22)19-16(20)11-5-3-10(4-6-11)9-24-2/h3-8H,9H2,1-2H3,(H,19,20)(H,21,22). The van der Waals surface area contributed by atoms with Crippen molar-refractivity contribution in [1.29, 1.82) is 0 Å². The van der Waals surface area contributed by atoms with Crippen molar-refractivity contribution in [1.82, 2.24) is 0 Å². The summed E-state index contributed by atoms with van der Waals surface area (Å²) < 4.78 is 5.04. The van der Waals surface area contributed by atoms with Crippen LogP contribution in [0.2, 0.25) is 5.02 Å². The Labute approximate surface area is 149 Å². The molecule has 0 spiro atoms. The van der Waals surface area contributed by atoms with Gasteiger partial charge in [-0.2, -0.15) is 11.8 Å². The van der Waals surface area contributed by atoms with Crippen molar-refractivity contribution in [2.24, 2.45) is 0 Å². The van der Waals surface area contributed by atoms with Crippen LogP contribution in [0.15, 0.2) is 36.4 Å². The number of carboxylic acid groups (broad SMARTS) is 1. The lowest BCUT2D eigenvalue weighted by molar-refractivity contribution is 0.0693. The third-order valence-electron chi connectivity index (χ3n) is 3.29. The first-order valence-electron chi connectivity index (χ1n) is 6.96. The first kappa shape index (κ1) is 18.2. The number of anilines is 1. The summed E-state index contributed by atoms with van der Waals surface area (Å²) in [5, 5.41) is 11.9. The number of thioether (sulfide) groups is 1. The maximum Gasteiger partial charge on any atom is 0.339 e. The fourth-order valence-corrected chi connectivity index (χ4v) is 2.84. The minimum Gasteiger partial charge on any atom is -0.496 e. The molecule has 0 aromatic heterocycles. The highest BCUT2D eigenvalue weighted by Gasteiger charge is 2.16. The molecular weight excluding hydrogens is 350 g/mol. The zero-order valence-electron chi connectivity index (χ0n) is 13.1. The summed E-state index contributed by atoms with van der Waals surface area (Å²) in [6.07, 6.45) is 2.01. The van der Waals surface area contributed by atoms with Crippen LogP contribution in [-0.2, 0) is 5.75 Å². The number of nitrogens with one attached hydrogen (secondary N) is 1. The van der Waals surface area contributed by atoms with E-state index in [1.165, 1.54) is 19.2 Å². The lowest BCUT2D eigenvalue weighted by atomic mass is 10.1. The second-order valence-corrected chi connectivity index (χ2v) is 6.19. The second-order valence-electron chi connectivity index (χ2n) is 4.92. The molecule has 0 aliphatic rings. The maximum absolute atomic E-state index is 12.3. The SMILES string of the molecule is COc1cc(NC(=O)c2ccc(CSC)cc2)c(Cl)cc1C(=O)O. The third-order valence-corrected chi connectivity index (χ3v) is 4.23. The van der Waals surface area contributed by atoms with Crippen LogP contribution in [-0.4, -0.2) is 30.3 Å². The minimum atomic E-state index is -1.16. The monoisotopic (exact) mass is 365 g/mol. The van der Waals surface area contributed by atoms with Crippen molar-refractivity contribution >= 4 is 40.9 Å². The van der Waals surface area contributed by atoms with Crippen LogP contribution in [0.1, 0.15) is 26.3 Å². The number of halogens is 1. The molecule has 5 nitrogen and oxygen atoms in total. The second kappa shape index (κ2) is 8.08. The quantitative estimate of drug-likeness (QED) is 0.803. The summed E-state index contributed by atoms with van der Waals surface area (Å²) in [4.78, 5) is 23.5. The summed E-state index contributed by atoms with van der Waals surface area (Å²) >= 11 is 7.77. The Bertz CT molecular complexity index is 762. The summed E-state index contributed by atoms with van der Waals surface area (Å²) in [6, 6.07) is 9.89. The molecule has 2 aromatic rings. The van der Waals surface area contributed by atoms with Gasteiger partial charge in [-0.25, -0.2) is 4.79 Å². The number of ether oxygens (including phenoxy) is 1. The molecule has 2 rings (SSSR count). The summed E-state index contributed by atoms with van der Waals surface area (Å²) in [5.74, 6) is -0.493. The van der Waals surface area contributed by atoms with Crippen LogP contribution in [0.3, 0.4) is 0 Å². The molecule has 1 amide bonds. The topological polar surface area (TPSA) is 75.6 Å². The van der Waals surface area contributed by atoms with E-state index in [-0.39, 0.29) is 27.9 Å². The molecule has 2 N–H and O–H groups in total. The molecule has 0 saturated heterocycles. The van der Waals surface area contributed by atoms with Gasteiger partial charge in [0.15, 0.2) is 0 Å². The van der Waals surface area contributed by atoms with Gasteiger partial charge in [0.2, 0.25) is 0 Å². The van der Waals surface area contributed by atoms with Crippen LogP contribution >= 0.6 is 23.4 Å². The molecule has 0 aliphatic heterocycles. The average molecular weight is 366 g/mol. The fourth-order valence-electron chi connectivity index (χ4n) is 2.10. The highest BCUT2D eigenvalue weighted by Crippen LogP contribution is 2.31. The highest BCUT2D eigenvalue weighted by molar-refractivity contribution is 7.97. The van der Waals surface area contributed by atoms with Gasteiger partial charge in [-0.1, -0.05) is 23.7 Å². The number of carbonyl (C=O) groups excluding carboxylic acids is 1. The van der Waals surface area contributed by atoms with Crippen molar-refractivity contribution in [3.8, 4) is 5.75 Å². The summed E-state index contributed by atoms with van der Waals surface area (Å²) in [5.41, 5.74) is 1.83. The molecule has 0 saturated carbocycles. The molecule has 0 unspecified atom stereocenters. The molecule has 0 atom stereocenters. The number of methoxy groups -OCH3 is 1. The van der Waals surface area contributed by atoms with E-state index in [1.807, 2.05) is 18.4 Å². The molecular formula is C17H16ClNO4S. The predicted molar refractivity (Wildman–Crippen MR) is 96.6 cm³/mol. The van der Waals surface area contributed by atoms with E-state index < -0.39 is 5.97 Å². The van der Waals surface area contributed by atoms with E-state index in [4.69, 9.17) is 21.4 Å². The van der Waals surface area contributed by atoms with Gasteiger partial charge in [0.1, 0.15) is 11.3 Å². The number of amides is 1. The summed E-state index contributed by atoms with van der Waals surface area (Å²) in [6.45, 7) is 0. The van der Waals surface area contributed by atoms with Gasteiger partial charge in [0, 0.05) is 17.4 Å². The molecule has 0 radical (unpaired) electrons. The van der Waals surface area contributed by atoms with Gasteiger partial charge in [-0.15, -0.1) is 0 Å². The van der Waals surface area contributed by atoms with Crippen LogP contribution in [0.4, 0.5) is 5.69 Å². The van der Waals surface area contributed by atoms with E-state index in [9.17, 15) is 9.59 Å². The van der Waals surface area contributed by atoms with Gasteiger partial charge in [0.05, 0.1) is 17.8 Å². The Balaban J connectivity index is 2.23. The van der Waals surface area contributed by atoms with Gasteiger partial charge in [0.25, 0.3) is 5.91 Å². The van der Waals surface area contributed by atoms with E-state index in [0.29, 0.717) is 5.56 Å². The fraction of sp³-hybridized carbons (Fsp3) is 0.176. The van der Waals surface area contributed by atoms with Gasteiger partial charge in [-0.3, -0.25) is 4.79 Å². The van der Waals surface area contributed by atoms with E-state index >= 15 is 0 Å². The van der Waals surface area contributed by atoms with Crippen molar-refractivity contribution < 1.29 is 19.4 Å². The Morgan fingerprint density at radius 2 is 1.92 bits per heavy atom. The number of hydrogen-bond acceptors (Lipinski definition) is 4. The lowest BCUT2D eigenvalue weighted by Gasteiger charge is -2.12. The maximum atomic E-state index is 12.3. The molecule has 0 heterocycles. The van der Waals surface area contributed by atoms with Crippen molar-refractivity contribution in [2.75, 3.05) is 18.7 Å². The number of hydrogen-bond donors (Lipinski definition) is 2. The molecule has 0 bridgehead atoms. The molecule has 24 heavy (non-hydrogen) atoms. The Morgan fingerprint density at radius 3 is 2.46 bits per heavy atom. The molecule has 126 valence electrons. The third kappa shape index (κ3) is 4.21. The van der Waals surface area contributed by atoms with Gasteiger partial charge >= 0.3 is 5.97 Å². The Morgan fingerprint density at radius 1 is 1.25 bits per heavy atom. The number of rotatable bonds is 6. The predicted octanol–water partition coefficient (Wildman–Crippen LogP) is 4.16. The average Bonchev–Trinajstić information content (AvgIpc) is 2.57. The lowest BCUT2D eigenvalue weighted by Crippen LogP contribution is -2.13. The first-order chi connectivity index (χ1) is 11.5.